The van der Waals surface area contributed by atoms with E-state index < -0.39 is 6.10 Å². The van der Waals surface area contributed by atoms with Crippen LogP contribution in [0, 0.1) is 11.8 Å². The van der Waals surface area contributed by atoms with Crippen molar-refractivity contribution in [2.24, 2.45) is 0 Å². The maximum atomic E-state index is 9.00. The van der Waals surface area contributed by atoms with Crippen LogP contribution in [0.5, 0.6) is 0 Å². The number of aliphatic hydroxyl groups excluding tert-OH is 1. The fraction of sp³-hybridized carbons (Fsp3) is 0.895. The number of hydrogen-bond acceptors (Lipinski definition) is 3. The van der Waals surface area contributed by atoms with Crippen molar-refractivity contribution in [3.8, 4) is 11.8 Å². The van der Waals surface area contributed by atoms with Gasteiger partial charge in [0.05, 0.1) is 0 Å². The molecule has 0 spiro atoms. The Bertz CT molecular complexity index is 298. The van der Waals surface area contributed by atoms with Gasteiger partial charge in [0.1, 0.15) is 6.10 Å². The van der Waals surface area contributed by atoms with Crippen LogP contribution in [0.3, 0.4) is 0 Å². The first-order valence-corrected chi connectivity index (χ1v) is 9.18. The van der Waals surface area contributed by atoms with Gasteiger partial charge in [-0.1, -0.05) is 44.4 Å². The van der Waals surface area contributed by atoms with Crippen LogP contribution >= 0.6 is 0 Å². The number of ether oxygens (including phenoxy) is 2. The summed E-state index contributed by atoms with van der Waals surface area (Å²) in [5.74, 6) is 5.80. The second kappa shape index (κ2) is 14.1. The molecular formula is C19H34O3. The van der Waals surface area contributed by atoms with Crippen molar-refractivity contribution in [1.82, 2.24) is 0 Å². The van der Waals surface area contributed by atoms with Gasteiger partial charge >= 0.3 is 0 Å². The third kappa shape index (κ3) is 12.0. The summed E-state index contributed by atoms with van der Waals surface area (Å²) in [5.41, 5.74) is 0. The van der Waals surface area contributed by atoms with Crippen molar-refractivity contribution in [2.75, 3.05) is 13.2 Å². The molecule has 1 aliphatic heterocycles. The number of aliphatic hydroxyl groups is 1. The summed E-state index contributed by atoms with van der Waals surface area (Å²) >= 11 is 0. The molecular weight excluding hydrogens is 276 g/mol. The maximum absolute atomic E-state index is 9.00. The van der Waals surface area contributed by atoms with Gasteiger partial charge in [0, 0.05) is 19.6 Å². The van der Waals surface area contributed by atoms with Crippen molar-refractivity contribution >= 4 is 0 Å². The molecule has 0 aromatic heterocycles. The molecule has 0 radical (unpaired) electrons. The lowest BCUT2D eigenvalue weighted by atomic mass is 10.1. The van der Waals surface area contributed by atoms with Crippen molar-refractivity contribution in [1.29, 1.82) is 0 Å². The first-order chi connectivity index (χ1) is 10.8. The van der Waals surface area contributed by atoms with E-state index in [4.69, 9.17) is 14.6 Å². The van der Waals surface area contributed by atoms with E-state index in [0.717, 1.165) is 38.9 Å². The smallest absolute Gasteiger partial charge is 0.157 e. The molecule has 0 aromatic rings. The SMILES string of the molecule is CC(O)C#CCCCCCCCCCCOC1CCCCO1. The van der Waals surface area contributed by atoms with Gasteiger partial charge in [0.15, 0.2) is 6.29 Å². The first-order valence-electron chi connectivity index (χ1n) is 9.18. The monoisotopic (exact) mass is 310 g/mol. The van der Waals surface area contributed by atoms with Crippen LogP contribution in [0.25, 0.3) is 0 Å². The maximum Gasteiger partial charge on any atom is 0.157 e. The molecule has 0 amide bonds. The first kappa shape index (κ1) is 19.5. The van der Waals surface area contributed by atoms with E-state index in [2.05, 4.69) is 11.8 Å². The zero-order valence-corrected chi connectivity index (χ0v) is 14.3. The molecule has 0 bridgehead atoms. The van der Waals surface area contributed by atoms with E-state index in [1.54, 1.807) is 6.92 Å². The van der Waals surface area contributed by atoms with Crippen LogP contribution in [0.2, 0.25) is 0 Å². The van der Waals surface area contributed by atoms with Gasteiger partial charge in [-0.25, -0.2) is 0 Å². The average Bonchev–Trinajstić information content (AvgIpc) is 2.52. The minimum Gasteiger partial charge on any atom is -0.381 e. The number of hydrogen-bond donors (Lipinski definition) is 1. The van der Waals surface area contributed by atoms with E-state index in [9.17, 15) is 0 Å². The Labute approximate surface area is 136 Å². The molecule has 3 nitrogen and oxygen atoms in total. The Morgan fingerprint density at radius 3 is 2.36 bits per heavy atom. The van der Waals surface area contributed by atoms with Crippen molar-refractivity contribution < 1.29 is 14.6 Å². The van der Waals surface area contributed by atoms with Gasteiger partial charge < -0.3 is 14.6 Å². The highest BCUT2D eigenvalue weighted by molar-refractivity contribution is 5.02. The standard InChI is InChI=1S/C19H34O3/c1-18(20)14-10-8-6-4-2-3-5-7-9-12-16-21-19-15-11-13-17-22-19/h18-20H,2-9,11-13,15-17H2,1H3. The molecule has 0 aliphatic carbocycles. The van der Waals surface area contributed by atoms with Crippen LogP contribution in [0.4, 0.5) is 0 Å². The van der Waals surface area contributed by atoms with Crippen molar-refractivity contribution in [2.45, 2.75) is 96.4 Å². The third-order valence-electron chi connectivity index (χ3n) is 3.95. The van der Waals surface area contributed by atoms with Gasteiger partial charge in [0.2, 0.25) is 0 Å². The van der Waals surface area contributed by atoms with E-state index in [-0.39, 0.29) is 6.29 Å². The van der Waals surface area contributed by atoms with Gasteiger partial charge in [-0.15, -0.1) is 5.92 Å². The van der Waals surface area contributed by atoms with Gasteiger partial charge in [-0.05, 0) is 39.0 Å². The second-order valence-corrected chi connectivity index (χ2v) is 6.24. The normalized spacial score (nSPS) is 19.5. The predicted octanol–water partition coefficient (Wildman–Crippen LogP) is 4.42. The fourth-order valence-electron chi connectivity index (χ4n) is 2.65. The molecule has 128 valence electrons. The quantitative estimate of drug-likeness (QED) is 0.453. The zero-order valence-electron chi connectivity index (χ0n) is 14.3. The lowest BCUT2D eigenvalue weighted by molar-refractivity contribution is -0.162. The Hall–Kier alpha value is -0.560. The van der Waals surface area contributed by atoms with Crippen LogP contribution in [-0.2, 0) is 9.47 Å². The van der Waals surface area contributed by atoms with Gasteiger partial charge in [-0.3, -0.25) is 0 Å². The highest BCUT2D eigenvalue weighted by Crippen LogP contribution is 2.15. The van der Waals surface area contributed by atoms with Crippen LogP contribution in [0.15, 0.2) is 0 Å². The molecule has 0 aromatic carbocycles. The van der Waals surface area contributed by atoms with Crippen LogP contribution in [0.1, 0.15) is 84.0 Å². The van der Waals surface area contributed by atoms with Crippen LogP contribution < -0.4 is 0 Å². The van der Waals surface area contributed by atoms with E-state index in [0.29, 0.717) is 0 Å². The summed E-state index contributed by atoms with van der Waals surface area (Å²) in [5, 5.41) is 9.00. The molecule has 3 heteroatoms. The molecule has 2 unspecified atom stereocenters. The Morgan fingerprint density at radius 1 is 1.05 bits per heavy atom. The molecule has 1 aliphatic rings. The summed E-state index contributed by atoms with van der Waals surface area (Å²) < 4.78 is 11.3. The van der Waals surface area contributed by atoms with E-state index >= 15 is 0 Å². The highest BCUT2D eigenvalue weighted by atomic mass is 16.7. The largest absolute Gasteiger partial charge is 0.381 e. The lowest BCUT2D eigenvalue weighted by Gasteiger charge is -2.22. The van der Waals surface area contributed by atoms with Gasteiger partial charge in [-0.2, -0.15) is 0 Å². The summed E-state index contributed by atoms with van der Waals surface area (Å²) in [4.78, 5) is 0. The minimum absolute atomic E-state index is 0.0747. The second-order valence-electron chi connectivity index (χ2n) is 6.24. The van der Waals surface area contributed by atoms with E-state index in [1.807, 2.05) is 0 Å². The highest BCUT2D eigenvalue weighted by Gasteiger charge is 2.13. The van der Waals surface area contributed by atoms with Crippen molar-refractivity contribution in [3.63, 3.8) is 0 Å². The van der Waals surface area contributed by atoms with E-state index in [1.165, 1.54) is 51.4 Å². The Kier molecular flexibility index (Phi) is 12.5. The Morgan fingerprint density at radius 2 is 1.73 bits per heavy atom. The number of unbranched alkanes of at least 4 members (excludes halogenated alkanes) is 8. The summed E-state index contributed by atoms with van der Waals surface area (Å²) in [6.45, 7) is 3.43. The van der Waals surface area contributed by atoms with Crippen LogP contribution in [-0.4, -0.2) is 30.7 Å². The summed E-state index contributed by atoms with van der Waals surface area (Å²) in [7, 11) is 0. The molecule has 1 fully saturated rings. The summed E-state index contributed by atoms with van der Waals surface area (Å²) in [6.07, 6.45) is 14.2. The predicted molar refractivity (Wildman–Crippen MR) is 90.6 cm³/mol. The topological polar surface area (TPSA) is 38.7 Å². The number of rotatable bonds is 11. The molecule has 1 saturated heterocycles. The minimum atomic E-state index is -0.478. The molecule has 1 N–H and O–H groups in total. The van der Waals surface area contributed by atoms with Gasteiger partial charge in [0.25, 0.3) is 0 Å². The average molecular weight is 310 g/mol. The Balaban J connectivity index is 1.74. The molecule has 2 atom stereocenters. The summed E-state index contributed by atoms with van der Waals surface area (Å²) in [6, 6.07) is 0. The molecule has 1 heterocycles. The molecule has 22 heavy (non-hydrogen) atoms. The fourth-order valence-corrected chi connectivity index (χ4v) is 2.65. The molecule has 0 saturated carbocycles. The lowest BCUT2D eigenvalue weighted by Crippen LogP contribution is -2.22. The third-order valence-corrected chi connectivity index (χ3v) is 3.95. The van der Waals surface area contributed by atoms with Crippen molar-refractivity contribution in [3.05, 3.63) is 0 Å². The molecule has 1 rings (SSSR count). The zero-order chi connectivity index (χ0) is 15.9.